The summed E-state index contributed by atoms with van der Waals surface area (Å²) in [5.74, 6) is 0.695. The lowest BCUT2D eigenvalue weighted by molar-refractivity contribution is 0.102. The number of ether oxygens (including phenoxy) is 1. The monoisotopic (exact) mass is 388 g/mol. The van der Waals surface area contributed by atoms with Gasteiger partial charge in [0.2, 0.25) is 0 Å². The summed E-state index contributed by atoms with van der Waals surface area (Å²) in [6.45, 7) is 3.57. The number of methoxy groups -OCH3 is 1. The third-order valence-corrected chi connectivity index (χ3v) is 5.08. The number of benzene rings is 2. The van der Waals surface area contributed by atoms with Crippen LogP contribution in [0.4, 0.5) is 17.1 Å². The minimum Gasteiger partial charge on any atom is -0.495 e. The van der Waals surface area contributed by atoms with Gasteiger partial charge in [0, 0.05) is 31.9 Å². The number of piperazine rings is 1. The SMILES string of the molecule is COc1ccccc1N1CCN(c2ccc(C(=O)Nc3ccccc3)nc2)CC1. The number of anilines is 3. The van der Waals surface area contributed by atoms with E-state index in [1.807, 2.05) is 54.6 Å². The minimum absolute atomic E-state index is 0.205. The molecule has 0 aliphatic carbocycles. The quantitative estimate of drug-likeness (QED) is 0.723. The second-order valence-electron chi connectivity index (χ2n) is 6.87. The van der Waals surface area contributed by atoms with E-state index in [0.717, 1.165) is 49.0 Å². The predicted molar refractivity (Wildman–Crippen MR) is 116 cm³/mol. The van der Waals surface area contributed by atoms with Gasteiger partial charge in [-0.15, -0.1) is 0 Å². The van der Waals surface area contributed by atoms with Crippen molar-refractivity contribution in [2.75, 3.05) is 48.4 Å². The van der Waals surface area contributed by atoms with Crippen molar-refractivity contribution in [3.05, 3.63) is 78.6 Å². The fraction of sp³-hybridized carbons (Fsp3) is 0.217. The second kappa shape index (κ2) is 8.65. The van der Waals surface area contributed by atoms with Crippen molar-refractivity contribution in [2.24, 2.45) is 0 Å². The molecular formula is C23H24N4O2. The maximum atomic E-state index is 12.4. The normalized spacial score (nSPS) is 13.8. The molecule has 1 aliphatic rings. The smallest absolute Gasteiger partial charge is 0.274 e. The summed E-state index contributed by atoms with van der Waals surface area (Å²) in [6.07, 6.45) is 1.78. The standard InChI is InChI=1S/C23H24N4O2/c1-29-22-10-6-5-9-21(22)27-15-13-26(14-16-27)19-11-12-20(24-17-19)23(28)25-18-7-3-2-4-8-18/h2-12,17H,13-16H2,1H3,(H,25,28). The third kappa shape index (κ3) is 4.32. The molecule has 4 rings (SSSR count). The number of para-hydroxylation sites is 3. The number of carbonyl (C=O) groups excluding carboxylic acids is 1. The molecule has 0 spiro atoms. The maximum absolute atomic E-state index is 12.4. The van der Waals surface area contributed by atoms with Crippen LogP contribution in [0, 0.1) is 0 Å². The van der Waals surface area contributed by atoms with Crippen molar-refractivity contribution in [1.82, 2.24) is 4.98 Å². The summed E-state index contributed by atoms with van der Waals surface area (Å²) in [5.41, 5.74) is 3.32. The zero-order valence-electron chi connectivity index (χ0n) is 16.4. The Morgan fingerprint density at radius 2 is 1.59 bits per heavy atom. The van der Waals surface area contributed by atoms with Gasteiger partial charge in [0.05, 0.1) is 24.7 Å². The van der Waals surface area contributed by atoms with Gasteiger partial charge in [-0.2, -0.15) is 0 Å². The van der Waals surface area contributed by atoms with E-state index in [2.05, 4.69) is 26.2 Å². The van der Waals surface area contributed by atoms with Gasteiger partial charge in [0.1, 0.15) is 11.4 Å². The highest BCUT2D eigenvalue weighted by atomic mass is 16.5. The van der Waals surface area contributed by atoms with E-state index >= 15 is 0 Å². The lowest BCUT2D eigenvalue weighted by atomic mass is 10.2. The van der Waals surface area contributed by atoms with E-state index in [9.17, 15) is 4.79 Å². The first-order valence-corrected chi connectivity index (χ1v) is 9.70. The molecule has 29 heavy (non-hydrogen) atoms. The summed E-state index contributed by atoms with van der Waals surface area (Å²) in [5, 5.41) is 2.86. The number of pyridine rings is 1. The number of carbonyl (C=O) groups is 1. The molecule has 2 heterocycles. The first-order valence-electron chi connectivity index (χ1n) is 9.70. The van der Waals surface area contributed by atoms with Gasteiger partial charge < -0.3 is 19.9 Å². The summed E-state index contributed by atoms with van der Waals surface area (Å²) in [6, 6.07) is 21.2. The van der Waals surface area contributed by atoms with Crippen molar-refractivity contribution in [3.8, 4) is 5.75 Å². The summed E-state index contributed by atoms with van der Waals surface area (Å²) in [7, 11) is 1.70. The van der Waals surface area contributed by atoms with Crippen LogP contribution in [-0.4, -0.2) is 44.2 Å². The number of amides is 1. The third-order valence-electron chi connectivity index (χ3n) is 5.08. The molecule has 1 N–H and O–H groups in total. The molecule has 2 aromatic carbocycles. The number of aromatic nitrogens is 1. The largest absolute Gasteiger partial charge is 0.495 e. The summed E-state index contributed by atoms with van der Waals surface area (Å²) >= 11 is 0. The molecule has 3 aromatic rings. The molecule has 1 saturated heterocycles. The van der Waals surface area contributed by atoms with Crippen LogP contribution < -0.4 is 19.9 Å². The lowest BCUT2D eigenvalue weighted by Crippen LogP contribution is -2.46. The van der Waals surface area contributed by atoms with E-state index < -0.39 is 0 Å². The number of rotatable bonds is 5. The Kier molecular flexibility index (Phi) is 5.61. The highest BCUT2D eigenvalue weighted by Gasteiger charge is 2.20. The van der Waals surface area contributed by atoms with Crippen LogP contribution >= 0.6 is 0 Å². The molecule has 0 radical (unpaired) electrons. The first-order chi connectivity index (χ1) is 14.2. The molecule has 0 saturated carbocycles. The molecule has 1 fully saturated rings. The molecule has 1 aliphatic heterocycles. The van der Waals surface area contributed by atoms with Crippen LogP contribution in [0.25, 0.3) is 0 Å². The molecule has 6 heteroatoms. The Balaban J connectivity index is 1.37. The highest BCUT2D eigenvalue weighted by molar-refractivity contribution is 6.02. The molecule has 0 unspecified atom stereocenters. The van der Waals surface area contributed by atoms with Gasteiger partial charge in [0.25, 0.3) is 5.91 Å². The van der Waals surface area contributed by atoms with Crippen molar-refractivity contribution in [1.29, 1.82) is 0 Å². The van der Waals surface area contributed by atoms with E-state index in [1.54, 1.807) is 19.4 Å². The van der Waals surface area contributed by atoms with Crippen LogP contribution in [0.3, 0.4) is 0 Å². The van der Waals surface area contributed by atoms with Gasteiger partial charge >= 0.3 is 0 Å². The number of hydrogen-bond acceptors (Lipinski definition) is 5. The van der Waals surface area contributed by atoms with Crippen molar-refractivity contribution >= 4 is 23.0 Å². The van der Waals surface area contributed by atoms with E-state index in [0.29, 0.717) is 5.69 Å². The Labute approximate surface area is 170 Å². The highest BCUT2D eigenvalue weighted by Crippen LogP contribution is 2.29. The van der Waals surface area contributed by atoms with Crippen molar-refractivity contribution < 1.29 is 9.53 Å². The van der Waals surface area contributed by atoms with Crippen LogP contribution in [0.15, 0.2) is 72.9 Å². The average molecular weight is 388 g/mol. The molecule has 1 aromatic heterocycles. The molecule has 1 amide bonds. The molecular weight excluding hydrogens is 364 g/mol. The van der Waals surface area contributed by atoms with Gasteiger partial charge in [-0.3, -0.25) is 4.79 Å². The van der Waals surface area contributed by atoms with Gasteiger partial charge in [0.15, 0.2) is 0 Å². The van der Waals surface area contributed by atoms with Gasteiger partial charge in [-0.1, -0.05) is 30.3 Å². The van der Waals surface area contributed by atoms with Crippen LogP contribution in [0.1, 0.15) is 10.5 Å². The number of hydrogen-bond donors (Lipinski definition) is 1. The summed E-state index contributed by atoms with van der Waals surface area (Å²) < 4.78 is 5.49. The fourth-order valence-corrected chi connectivity index (χ4v) is 3.52. The topological polar surface area (TPSA) is 57.7 Å². The maximum Gasteiger partial charge on any atom is 0.274 e. The zero-order chi connectivity index (χ0) is 20.1. The lowest BCUT2D eigenvalue weighted by Gasteiger charge is -2.37. The molecule has 0 atom stereocenters. The fourth-order valence-electron chi connectivity index (χ4n) is 3.52. The van der Waals surface area contributed by atoms with E-state index in [4.69, 9.17) is 4.74 Å². The Morgan fingerprint density at radius 3 is 2.28 bits per heavy atom. The van der Waals surface area contributed by atoms with Crippen LogP contribution in [-0.2, 0) is 0 Å². The first kappa shape index (κ1) is 18.8. The zero-order valence-corrected chi connectivity index (χ0v) is 16.4. The van der Waals surface area contributed by atoms with Gasteiger partial charge in [-0.25, -0.2) is 4.98 Å². The van der Waals surface area contributed by atoms with Crippen LogP contribution in [0.2, 0.25) is 0 Å². The van der Waals surface area contributed by atoms with Gasteiger partial charge in [-0.05, 0) is 36.4 Å². The summed E-state index contributed by atoms with van der Waals surface area (Å²) in [4.78, 5) is 21.4. The molecule has 148 valence electrons. The average Bonchev–Trinajstić information content (AvgIpc) is 2.80. The molecule has 6 nitrogen and oxygen atoms in total. The van der Waals surface area contributed by atoms with E-state index in [-0.39, 0.29) is 5.91 Å². The van der Waals surface area contributed by atoms with Crippen LogP contribution in [0.5, 0.6) is 5.75 Å². The molecule has 0 bridgehead atoms. The number of nitrogens with one attached hydrogen (secondary N) is 1. The van der Waals surface area contributed by atoms with Crippen molar-refractivity contribution in [3.63, 3.8) is 0 Å². The van der Waals surface area contributed by atoms with Crippen molar-refractivity contribution in [2.45, 2.75) is 0 Å². The second-order valence-corrected chi connectivity index (χ2v) is 6.87. The van der Waals surface area contributed by atoms with E-state index in [1.165, 1.54) is 0 Å². The Hall–Kier alpha value is -3.54. The minimum atomic E-state index is -0.205. The Morgan fingerprint density at radius 1 is 0.897 bits per heavy atom. The number of nitrogens with zero attached hydrogens (tertiary/aromatic N) is 3. The Bertz CT molecular complexity index is 952. The predicted octanol–water partition coefficient (Wildman–Crippen LogP) is 3.67.